The first-order valence-corrected chi connectivity index (χ1v) is 11.0. The molecule has 0 radical (unpaired) electrons. The molecule has 0 saturated heterocycles. The van der Waals surface area contributed by atoms with Crippen LogP contribution >= 0.6 is 0 Å². The predicted molar refractivity (Wildman–Crippen MR) is 134 cm³/mol. The Morgan fingerprint density at radius 2 is 1.71 bits per heavy atom. The molecule has 172 valence electrons. The minimum Gasteiger partial charge on any atom is -0.360 e. The fourth-order valence-corrected chi connectivity index (χ4v) is 3.73. The molecule has 4 rings (SSSR count). The molecule has 0 unspecified atom stereocenters. The van der Waals surface area contributed by atoms with Gasteiger partial charge in [-0.3, -0.25) is 10.1 Å². The van der Waals surface area contributed by atoms with E-state index < -0.39 is 4.92 Å². The highest BCUT2D eigenvalue weighted by Gasteiger charge is 2.17. The molecule has 0 aliphatic rings. The van der Waals surface area contributed by atoms with Crippen LogP contribution in [-0.4, -0.2) is 14.9 Å². The van der Waals surface area contributed by atoms with Crippen molar-refractivity contribution >= 4 is 17.5 Å². The summed E-state index contributed by atoms with van der Waals surface area (Å²) in [5, 5.41) is 17.7. The third-order valence-corrected chi connectivity index (χ3v) is 5.63. The van der Waals surface area contributed by atoms with Gasteiger partial charge in [0, 0.05) is 19.6 Å². The molecule has 0 bridgehead atoms. The molecular weight excluding hydrogens is 428 g/mol. The summed E-state index contributed by atoms with van der Waals surface area (Å²) in [6.45, 7) is 3.46. The fraction of sp³-hybridized carbons (Fsp3) is 0.154. The van der Waals surface area contributed by atoms with Gasteiger partial charge in [0.25, 0.3) is 0 Å². The first kappa shape index (κ1) is 22.9. The number of hydrogen-bond acceptors (Lipinski definition) is 7. The summed E-state index contributed by atoms with van der Waals surface area (Å²) in [6.07, 6.45) is 1.23. The van der Waals surface area contributed by atoms with Crippen LogP contribution in [0.15, 0.2) is 79.0 Å². The highest BCUT2D eigenvalue weighted by Crippen LogP contribution is 2.27. The molecule has 1 heterocycles. The Bertz CT molecular complexity index is 1290. The Morgan fingerprint density at radius 1 is 0.941 bits per heavy atom. The van der Waals surface area contributed by atoms with E-state index in [1.54, 1.807) is 0 Å². The average Bonchev–Trinajstić information content (AvgIpc) is 2.87. The lowest BCUT2D eigenvalue weighted by atomic mass is 9.95. The van der Waals surface area contributed by atoms with Gasteiger partial charge in [-0.05, 0) is 46.4 Å². The van der Waals surface area contributed by atoms with E-state index in [-0.39, 0.29) is 11.5 Å². The van der Waals surface area contributed by atoms with Crippen molar-refractivity contribution in [1.29, 1.82) is 0 Å². The molecule has 0 amide bonds. The van der Waals surface area contributed by atoms with Crippen molar-refractivity contribution in [3.8, 4) is 11.1 Å². The lowest BCUT2D eigenvalue weighted by Gasteiger charge is -2.14. The van der Waals surface area contributed by atoms with Crippen molar-refractivity contribution < 1.29 is 4.92 Å². The topological polar surface area (TPSA) is 119 Å². The Labute approximate surface area is 198 Å². The van der Waals surface area contributed by atoms with Crippen LogP contribution < -0.4 is 16.4 Å². The van der Waals surface area contributed by atoms with Crippen molar-refractivity contribution in [1.82, 2.24) is 9.97 Å². The highest BCUT2D eigenvalue weighted by molar-refractivity contribution is 5.69. The Balaban J connectivity index is 1.52. The maximum atomic E-state index is 11.4. The summed E-state index contributed by atoms with van der Waals surface area (Å²) >= 11 is 0. The zero-order valence-electron chi connectivity index (χ0n) is 18.9. The zero-order chi connectivity index (χ0) is 23.9. The molecule has 0 aliphatic heterocycles. The highest BCUT2D eigenvalue weighted by atomic mass is 16.6. The predicted octanol–water partition coefficient (Wildman–Crippen LogP) is 5.04. The van der Waals surface area contributed by atoms with E-state index >= 15 is 0 Å². The molecule has 0 saturated carbocycles. The monoisotopic (exact) mass is 454 g/mol. The van der Waals surface area contributed by atoms with Gasteiger partial charge in [0.05, 0.1) is 4.92 Å². The third kappa shape index (κ3) is 5.36. The smallest absolute Gasteiger partial charge is 0.329 e. The van der Waals surface area contributed by atoms with Crippen molar-refractivity contribution in [3.05, 3.63) is 111 Å². The SMILES string of the molecule is Cc1c(CNc2ncc([N+](=O)[O-])c(NCc3ccccc3)n2)cccc1-c1cccc(CN)c1. The standard InChI is InChI=1S/C26H26N6O2/c1-18-22(11-6-12-23(18)21-10-5-9-20(13-21)14-27)16-29-26-30-17-24(32(33)34)25(31-26)28-15-19-7-3-2-4-8-19/h2-13,17H,14-16,27H2,1H3,(H2,28,29,30,31). The summed E-state index contributed by atoms with van der Waals surface area (Å²) in [4.78, 5) is 19.5. The first-order valence-electron chi connectivity index (χ1n) is 11.0. The van der Waals surface area contributed by atoms with Crippen molar-refractivity contribution in [2.75, 3.05) is 10.6 Å². The minimum atomic E-state index is -0.486. The van der Waals surface area contributed by atoms with E-state index in [4.69, 9.17) is 5.73 Å². The van der Waals surface area contributed by atoms with Crippen molar-refractivity contribution in [3.63, 3.8) is 0 Å². The number of anilines is 2. The van der Waals surface area contributed by atoms with E-state index in [2.05, 4.69) is 45.7 Å². The second-order valence-electron chi connectivity index (χ2n) is 7.87. The normalized spacial score (nSPS) is 10.6. The molecule has 0 aliphatic carbocycles. The van der Waals surface area contributed by atoms with Gasteiger partial charge in [0.2, 0.25) is 11.8 Å². The lowest BCUT2D eigenvalue weighted by molar-refractivity contribution is -0.384. The summed E-state index contributed by atoms with van der Waals surface area (Å²) in [5.74, 6) is 0.492. The molecule has 4 N–H and O–H groups in total. The third-order valence-electron chi connectivity index (χ3n) is 5.63. The van der Waals surface area contributed by atoms with Crippen LogP contribution in [0.25, 0.3) is 11.1 Å². The summed E-state index contributed by atoms with van der Waals surface area (Å²) in [6, 6.07) is 24.0. The summed E-state index contributed by atoms with van der Waals surface area (Å²) < 4.78 is 0. The number of nitro groups is 1. The molecule has 1 aromatic heterocycles. The van der Waals surface area contributed by atoms with Gasteiger partial charge < -0.3 is 16.4 Å². The van der Waals surface area contributed by atoms with Crippen LogP contribution in [0.1, 0.15) is 22.3 Å². The number of nitrogens with two attached hydrogens (primary N) is 1. The van der Waals surface area contributed by atoms with E-state index in [9.17, 15) is 10.1 Å². The van der Waals surface area contributed by atoms with Crippen molar-refractivity contribution in [2.45, 2.75) is 26.6 Å². The van der Waals surface area contributed by atoms with Crippen LogP contribution in [0.4, 0.5) is 17.5 Å². The van der Waals surface area contributed by atoms with Crippen molar-refractivity contribution in [2.24, 2.45) is 5.73 Å². The van der Waals surface area contributed by atoms with Crippen LogP contribution in [0.2, 0.25) is 0 Å². The Morgan fingerprint density at radius 3 is 2.47 bits per heavy atom. The number of benzene rings is 3. The number of rotatable bonds is 9. The van der Waals surface area contributed by atoms with Crippen LogP contribution in [0, 0.1) is 17.0 Å². The van der Waals surface area contributed by atoms with E-state index in [1.165, 1.54) is 6.20 Å². The summed E-state index contributed by atoms with van der Waals surface area (Å²) in [5.41, 5.74) is 12.2. The number of aromatic nitrogens is 2. The molecule has 3 aromatic carbocycles. The van der Waals surface area contributed by atoms with Gasteiger partial charge >= 0.3 is 5.69 Å². The molecule has 0 atom stereocenters. The van der Waals surface area contributed by atoms with Gasteiger partial charge in [-0.1, -0.05) is 66.7 Å². The zero-order valence-corrected chi connectivity index (χ0v) is 18.9. The largest absolute Gasteiger partial charge is 0.360 e. The van der Waals surface area contributed by atoms with Crippen LogP contribution in [-0.2, 0) is 19.6 Å². The molecule has 0 spiro atoms. The molecule has 4 aromatic rings. The van der Waals surface area contributed by atoms with Gasteiger partial charge in [-0.15, -0.1) is 0 Å². The van der Waals surface area contributed by atoms with Crippen LogP contribution in [0.3, 0.4) is 0 Å². The Kier molecular flexibility index (Phi) is 7.10. The number of nitrogens with one attached hydrogen (secondary N) is 2. The van der Waals surface area contributed by atoms with Gasteiger partial charge in [-0.2, -0.15) is 4.98 Å². The number of hydrogen-bond donors (Lipinski definition) is 3. The quantitative estimate of drug-likeness (QED) is 0.239. The maximum absolute atomic E-state index is 11.4. The average molecular weight is 455 g/mol. The minimum absolute atomic E-state index is 0.167. The van der Waals surface area contributed by atoms with E-state index in [1.807, 2.05) is 54.6 Å². The lowest BCUT2D eigenvalue weighted by Crippen LogP contribution is -2.10. The first-order chi connectivity index (χ1) is 16.5. The molecule has 8 nitrogen and oxygen atoms in total. The number of nitrogens with zero attached hydrogens (tertiary/aromatic N) is 3. The second kappa shape index (κ2) is 10.5. The van der Waals surface area contributed by atoms with Gasteiger partial charge in [-0.25, -0.2) is 4.98 Å². The molecule has 0 fully saturated rings. The second-order valence-corrected chi connectivity index (χ2v) is 7.87. The van der Waals surface area contributed by atoms with E-state index in [0.717, 1.165) is 33.4 Å². The van der Waals surface area contributed by atoms with Gasteiger partial charge in [0.15, 0.2) is 0 Å². The van der Waals surface area contributed by atoms with Gasteiger partial charge in [0.1, 0.15) is 6.20 Å². The maximum Gasteiger partial charge on any atom is 0.329 e. The summed E-state index contributed by atoms with van der Waals surface area (Å²) in [7, 11) is 0. The van der Waals surface area contributed by atoms with Crippen LogP contribution in [0.5, 0.6) is 0 Å². The molecular formula is C26H26N6O2. The molecule has 34 heavy (non-hydrogen) atoms. The van der Waals surface area contributed by atoms with E-state index in [0.29, 0.717) is 25.6 Å². The Hall–Kier alpha value is -4.30. The fourth-order valence-electron chi connectivity index (χ4n) is 3.73. The molecule has 8 heteroatoms.